The highest BCUT2D eigenvalue weighted by atomic mass is 19.1. The van der Waals surface area contributed by atoms with Crippen LogP contribution in [0.15, 0.2) is 23.9 Å². The second kappa shape index (κ2) is 5.28. The van der Waals surface area contributed by atoms with Crippen LogP contribution in [-0.2, 0) is 4.74 Å². The molecule has 0 aromatic heterocycles. The fourth-order valence-electron chi connectivity index (χ4n) is 1.62. The van der Waals surface area contributed by atoms with Crippen LogP contribution in [0.25, 0.3) is 0 Å². The summed E-state index contributed by atoms with van der Waals surface area (Å²) >= 11 is 0. The standard InChI is InChI=1S/C11H19FN2O/c1-2-15-7-3-6-11(12)8-9(13)4-5-10(11)14/h4-5,8,10H,2-3,6-7,13-14H2,1H3. The average Bonchev–Trinajstić information content (AvgIpc) is 2.19. The molecule has 2 atom stereocenters. The lowest BCUT2D eigenvalue weighted by Gasteiger charge is -2.29. The van der Waals surface area contributed by atoms with E-state index in [-0.39, 0.29) is 0 Å². The highest BCUT2D eigenvalue weighted by Crippen LogP contribution is 2.28. The molecule has 0 spiro atoms. The molecule has 0 aliphatic heterocycles. The lowest BCUT2D eigenvalue weighted by atomic mass is 9.87. The molecule has 1 rings (SSSR count). The molecule has 0 fully saturated rings. The summed E-state index contributed by atoms with van der Waals surface area (Å²) in [6.45, 7) is 3.13. The Morgan fingerprint density at radius 3 is 3.00 bits per heavy atom. The summed E-state index contributed by atoms with van der Waals surface area (Å²) in [6.07, 6.45) is 5.65. The van der Waals surface area contributed by atoms with Crippen molar-refractivity contribution in [2.45, 2.75) is 31.5 Å². The van der Waals surface area contributed by atoms with Gasteiger partial charge in [-0.25, -0.2) is 4.39 Å². The largest absolute Gasteiger partial charge is 0.399 e. The normalized spacial score (nSPS) is 30.3. The van der Waals surface area contributed by atoms with Gasteiger partial charge in [-0.1, -0.05) is 6.08 Å². The second-order valence-electron chi connectivity index (χ2n) is 3.76. The third-order valence-corrected chi connectivity index (χ3v) is 2.51. The van der Waals surface area contributed by atoms with Gasteiger partial charge in [0.1, 0.15) is 5.67 Å². The third kappa shape index (κ3) is 3.32. The molecule has 4 N–H and O–H groups in total. The van der Waals surface area contributed by atoms with E-state index in [4.69, 9.17) is 16.2 Å². The number of allylic oxidation sites excluding steroid dienone is 1. The molecule has 3 nitrogen and oxygen atoms in total. The first-order chi connectivity index (χ1) is 7.08. The van der Waals surface area contributed by atoms with Gasteiger partial charge in [0.25, 0.3) is 0 Å². The van der Waals surface area contributed by atoms with Gasteiger partial charge in [-0.2, -0.15) is 0 Å². The molecular formula is C11H19FN2O. The Kier molecular flexibility index (Phi) is 4.29. The van der Waals surface area contributed by atoms with Gasteiger partial charge in [0, 0.05) is 18.9 Å². The number of alkyl halides is 1. The van der Waals surface area contributed by atoms with Crippen LogP contribution >= 0.6 is 0 Å². The molecule has 0 saturated carbocycles. The first-order valence-electron chi connectivity index (χ1n) is 5.27. The molecule has 0 radical (unpaired) electrons. The van der Waals surface area contributed by atoms with E-state index in [0.717, 1.165) is 0 Å². The topological polar surface area (TPSA) is 61.3 Å². The SMILES string of the molecule is CCOCCCC1(F)C=C(N)C=CC1N. The monoisotopic (exact) mass is 214 g/mol. The zero-order valence-corrected chi connectivity index (χ0v) is 9.08. The van der Waals surface area contributed by atoms with E-state index >= 15 is 0 Å². The van der Waals surface area contributed by atoms with E-state index in [0.29, 0.717) is 31.8 Å². The average molecular weight is 214 g/mol. The van der Waals surface area contributed by atoms with Crippen LogP contribution in [-0.4, -0.2) is 24.9 Å². The minimum Gasteiger partial charge on any atom is -0.399 e. The lowest BCUT2D eigenvalue weighted by Crippen LogP contribution is -2.43. The van der Waals surface area contributed by atoms with E-state index < -0.39 is 11.7 Å². The molecule has 2 unspecified atom stereocenters. The molecule has 15 heavy (non-hydrogen) atoms. The van der Waals surface area contributed by atoms with E-state index in [1.54, 1.807) is 12.2 Å². The Hall–Kier alpha value is -0.870. The van der Waals surface area contributed by atoms with Gasteiger partial charge in [0.05, 0.1) is 6.04 Å². The Morgan fingerprint density at radius 2 is 2.33 bits per heavy atom. The highest BCUT2D eigenvalue weighted by Gasteiger charge is 2.34. The van der Waals surface area contributed by atoms with Crippen molar-refractivity contribution in [3.8, 4) is 0 Å². The zero-order chi connectivity index (χ0) is 11.3. The maximum absolute atomic E-state index is 14.3. The van der Waals surface area contributed by atoms with E-state index in [2.05, 4.69) is 0 Å². The van der Waals surface area contributed by atoms with Gasteiger partial charge < -0.3 is 16.2 Å². The summed E-state index contributed by atoms with van der Waals surface area (Å²) in [4.78, 5) is 0. The van der Waals surface area contributed by atoms with Crippen LogP contribution in [0, 0.1) is 0 Å². The van der Waals surface area contributed by atoms with Gasteiger partial charge in [-0.3, -0.25) is 0 Å². The van der Waals surface area contributed by atoms with Crippen LogP contribution < -0.4 is 11.5 Å². The summed E-state index contributed by atoms with van der Waals surface area (Å²) in [7, 11) is 0. The summed E-state index contributed by atoms with van der Waals surface area (Å²) in [5.74, 6) is 0. The molecule has 1 aliphatic rings. The molecule has 0 amide bonds. The molecule has 0 aromatic rings. The van der Waals surface area contributed by atoms with Crippen molar-refractivity contribution in [3.63, 3.8) is 0 Å². The number of hydrogen-bond acceptors (Lipinski definition) is 3. The maximum atomic E-state index is 14.3. The predicted octanol–water partition coefficient (Wildman–Crippen LogP) is 1.25. The van der Waals surface area contributed by atoms with Crippen LogP contribution in [0.3, 0.4) is 0 Å². The van der Waals surface area contributed by atoms with Crippen molar-refractivity contribution in [3.05, 3.63) is 23.9 Å². The van der Waals surface area contributed by atoms with Gasteiger partial charge >= 0.3 is 0 Å². The fourth-order valence-corrected chi connectivity index (χ4v) is 1.62. The number of hydrogen-bond donors (Lipinski definition) is 2. The van der Waals surface area contributed by atoms with E-state index in [1.807, 2.05) is 6.92 Å². The molecule has 0 heterocycles. The molecule has 0 aromatic carbocycles. The van der Waals surface area contributed by atoms with E-state index in [1.165, 1.54) is 6.08 Å². The lowest BCUT2D eigenvalue weighted by molar-refractivity contribution is 0.118. The summed E-state index contributed by atoms with van der Waals surface area (Å²) in [5.41, 5.74) is 10.2. The summed E-state index contributed by atoms with van der Waals surface area (Å²) < 4.78 is 19.4. The van der Waals surface area contributed by atoms with Gasteiger partial charge in [0.2, 0.25) is 0 Å². The Labute approximate surface area is 90.0 Å². The number of ether oxygens (including phenoxy) is 1. The Bertz CT molecular complexity index is 265. The van der Waals surface area contributed by atoms with Crippen LogP contribution in [0.1, 0.15) is 19.8 Å². The van der Waals surface area contributed by atoms with Crippen LogP contribution in [0.5, 0.6) is 0 Å². The Balaban J connectivity index is 2.46. The molecule has 0 saturated heterocycles. The zero-order valence-electron chi connectivity index (χ0n) is 9.08. The molecular weight excluding hydrogens is 195 g/mol. The molecule has 0 bridgehead atoms. The smallest absolute Gasteiger partial charge is 0.150 e. The van der Waals surface area contributed by atoms with E-state index in [9.17, 15) is 4.39 Å². The van der Waals surface area contributed by atoms with Gasteiger partial charge in [-0.15, -0.1) is 0 Å². The summed E-state index contributed by atoms with van der Waals surface area (Å²) in [5, 5.41) is 0. The highest BCUT2D eigenvalue weighted by molar-refractivity contribution is 5.30. The van der Waals surface area contributed by atoms with Crippen molar-refractivity contribution in [2.75, 3.05) is 13.2 Å². The van der Waals surface area contributed by atoms with Crippen molar-refractivity contribution < 1.29 is 9.13 Å². The summed E-state index contributed by atoms with van der Waals surface area (Å²) in [6, 6.07) is -0.605. The fraction of sp³-hybridized carbons (Fsp3) is 0.636. The molecule has 4 heteroatoms. The van der Waals surface area contributed by atoms with Crippen molar-refractivity contribution in [1.82, 2.24) is 0 Å². The first kappa shape index (κ1) is 12.2. The van der Waals surface area contributed by atoms with Crippen molar-refractivity contribution in [1.29, 1.82) is 0 Å². The third-order valence-electron chi connectivity index (χ3n) is 2.51. The predicted molar refractivity (Wildman–Crippen MR) is 59.0 cm³/mol. The quantitative estimate of drug-likeness (QED) is 0.677. The minimum atomic E-state index is -1.52. The Morgan fingerprint density at radius 1 is 1.60 bits per heavy atom. The minimum absolute atomic E-state index is 0.346. The van der Waals surface area contributed by atoms with Crippen molar-refractivity contribution >= 4 is 0 Å². The number of nitrogens with two attached hydrogens (primary N) is 2. The molecule has 86 valence electrons. The van der Waals surface area contributed by atoms with Gasteiger partial charge in [-0.05, 0) is 31.9 Å². The van der Waals surface area contributed by atoms with Crippen LogP contribution in [0.4, 0.5) is 4.39 Å². The van der Waals surface area contributed by atoms with Gasteiger partial charge in [0.15, 0.2) is 0 Å². The van der Waals surface area contributed by atoms with Crippen molar-refractivity contribution in [2.24, 2.45) is 11.5 Å². The molecule has 1 aliphatic carbocycles. The first-order valence-corrected chi connectivity index (χ1v) is 5.27. The van der Waals surface area contributed by atoms with Crippen LogP contribution in [0.2, 0.25) is 0 Å². The second-order valence-corrected chi connectivity index (χ2v) is 3.76. The maximum Gasteiger partial charge on any atom is 0.150 e. The number of halogens is 1. The number of rotatable bonds is 5.